The molecular weight excluding hydrogens is 465 g/mol. The van der Waals surface area contributed by atoms with Crippen LogP contribution in [0.3, 0.4) is 0 Å². The van der Waals surface area contributed by atoms with Crippen LogP contribution in [0.15, 0.2) is 58.9 Å². The molecule has 0 unspecified atom stereocenters. The Morgan fingerprint density at radius 2 is 1.86 bits per heavy atom. The molecule has 7 nitrogen and oxygen atoms in total. The Kier molecular flexibility index (Phi) is 9.05. The number of benzene rings is 2. The number of aromatic nitrogens is 1. The fraction of sp³-hybridized carbons (Fsp3) is 0.385. The highest BCUT2D eigenvalue weighted by molar-refractivity contribution is 7.07. The molecule has 2 N–H and O–H groups in total. The summed E-state index contributed by atoms with van der Waals surface area (Å²) in [5, 5.41) is 8.11. The van der Waals surface area contributed by atoms with Crippen LogP contribution in [-0.2, 0) is 16.1 Å². The van der Waals surface area contributed by atoms with E-state index in [0.29, 0.717) is 25.3 Å². The minimum atomic E-state index is -0.276. The number of nitrogens with one attached hydrogen (secondary N) is 2. The number of carbonyl (C=O) groups is 1. The van der Waals surface area contributed by atoms with Crippen molar-refractivity contribution in [3.05, 3.63) is 64.5 Å². The second-order valence-electron chi connectivity index (χ2n) is 8.27. The second-order valence-corrected chi connectivity index (χ2v) is 9.11. The number of hydrogen-bond acceptors (Lipinski definition) is 6. The highest BCUT2D eigenvalue weighted by Crippen LogP contribution is 2.25. The van der Waals surface area contributed by atoms with Crippen molar-refractivity contribution in [1.29, 1.82) is 0 Å². The summed E-state index contributed by atoms with van der Waals surface area (Å²) in [6, 6.07) is 14.8. The maximum Gasteiger partial charge on any atom is 0.233 e. The van der Waals surface area contributed by atoms with Crippen molar-refractivity contribution >= 4 is 28.6 Å². The number of amides is 1. The first kappa shape index (κ1) is 25.1. The average Bonchev–Trinajstić information content (AvgIpc) is 3.28. The SMILES string of the molecule is CCNC(=O)CNCCCn1c(-c2ccc(N3CCOCC3)cc2)cs/c1=N/c1ccc(F)cc1. The summed E-state index contributed by atoms with van der Waals surface area (Å²) < 4.78 is 21.0. The summed E-state index contributed by atoms with van der Waals surface area (Å²) >= 11 is 1.57. The summed E-state index contributed by atoms with van der Waals surface area (Å²) in [4.78, 5) is 19.6. The van der Waals surface area contributed by atoms with Gasteiger partial charge in [0.1, 0.15) is 5.82 Å². The van der Waals surface area contributed by atoms with Gasteiger partial charge in [0.25, 0.3) is 0 Å². The van der Waals surface area contributed by atoms with E-state index in [1.54, 1.807) is 23.5 Å². The number of anilines is 1. The maximum atomic E-state index is 13.4. The zero-order chi connectivity index (χ0) is 24.5. The van der Waals surface area contributed by atoms with E-state index in [9.17, 15) is 9.18 Å². The predicted octanol–water partition coefficient (Wildman–Crippen LogP) is 3.54. The van der Waals surface area contributed by atoms with Gasteiger partial charge < -0.3 is 24.8 Å². The Morgan fingerprint density at radius 3 is 2.57 bits per heavy atom. The first-order valence-corrected chi connectivity index (χ1v) is 12.9. The van der Waals surface area contributed by atoms with E-state index >= 15 is 0 Å². The van der Waals surface area contributed by atoms with Crippen molar-refractivity contribution in [3.8, 4) is 11.3 Å². The van der Waals surface area contributed by atoms with Gasteiger partial charge in [0, 0.05) is 37.2 Å². The molecule has 3 aromatic rings. The van der Waals surface area contributed by atoms with Crippen molar-refractivity contribution in [2.75, 3.05) is 50.8 Å². The van der Waals surface area contributed by atoms with Gasteiger partial charge in [-0.2, -0.15) is 0 Å². The Balaban J connectivity index is 1.53. The van der Waals surface area contributed by atoms with Gasteiger partial charge in [-0.25, -0.2) is 9.38 Å². The molecule has 1 aromatic heterocycles. The summed E-state index contributed by atoms with van der Waals surface area (Å²) in [6.45, 7) is 7.63. The zero-order valence-corrected chi connectivity index (χ0v) is 20.8. The number of hydrogen-bond donors (Lipinski definition) is 2. The number of carbonyl (C=O) groups excluding carboxylic acids is 1. The third kappa shape index (κ3) is 7.00. The van der Waals surface area contributed by atoms with Gasteiger partial charge in [0.05, 0.1) is 31.1 Å². The lowest BCUT2D eigenvalue weighted by Crippen LogP contribution is -2.36. The molecule has 0 aliphatic carbocycles. The van der Waals surface area contributed by atoms with Crippen LogP contribution < -0.4 is 20.3 Å². The van der Waals surface area contributed by atoms with Crippen LogP contribution in [0.1, 0.15) is 13.3 Å². The zero-order valence-electron chi connectivity index (χ0n) is 20.0. The molecule has 1 saturated heterocycles. The molecule has 2 heterocycles. The van der Waals surface area contributed by atoms with Crippen LogP contribution in [-0.4, -0.2) is 56.4 Å². The summed E-state index contributed by atoms with van der Waals surface area (Å²) in [7, 11) is 0. The molecule has 1 aliphatic heterocycles. The number of thiazole rings is 1. The molecule has 1 amide bonds. The average molecular weight is 498 g/mol. The maximum absolute atomic E-state index is 13.4. The molecule has 2 aromatic carbocycles. The van der Waals surface area contributed by atoms with Crippen LogP contribution in [0.5, 0.6) is 0 Å². The van der Waals surface area contributed by atoms with E-state index in [-0.39, 0.29) is 11.7 Å². The Hall–Kier alpha value is -3.01. The topological polar surface area (TPSA) is 70.9 Å². The minimum absolute atomic E-state index is 0.00346. The third-order valence-electron chi connectivity index (χ3n) is 5.78. The second kappa shape index (κ2) is 12.6. The first-order chi connectivity index (χ1) is 17.1. The van der Waals surface area contributed by atoms with E-state index in [4.69, 9.17) is 9.73 Å². The highest BCUT2D eigenvalue weighted by atomic mass is 32.1. The largest absolute Gasteiger partial charge is 0.378 e. The number of likely N-dealkylation sites (N-methyl/N-ethyl adjacent to an activating group) is 1. The molecule has 0 saturated carbocycles. The van der Waals surface area contributed by atoms with Crippen molar-refractivity contribution in [2.45, 2.75) is 19.9 Å². The van der Waals surface area contributed by atoms with Gasteiger partial charge in [-0.3, -0.25) is 4.79 Å². The molecule has 186 valence electrons. The molecule has 9 heteroatoms. The lowest BCUT2D eigenvalue weighted by molar-refractivity contribution is -0.120. The van der Waals surface area contributed by atoms with Crippen LogP contribution in [0, 0.1) is 5.82 Å². The van der Waals surface area contributed by atoms with Crippen molar-refractivity contribution < 1.29 is 13.9 Å². The molecule has 0 spiro atoms. The van der Waals surface area contributed by atoms with Crippen LogP contribution in [0.2, 0.25) is 0 Å². The van der Waals surface area contributed by atoms with Gasteiger partial charge in [-0.05, 0) is 61.9 Å². The van der Waals surface area contributed by atoms with Crippen LogP contribution in [0.4, 0.5) is 15.8 Å². The smallest absolute Gasteiger partial charge is 0.233 e. The van der Waals surface area contributed by atoms with Crippen molar-refractivity contribution in [3.63, 3.8) is 0 Å². The molecule has 35 heavy (non-hydrogen) atoms. The van der Waals surface area contributed by atoms with Gasteiger partial charge in [-0.1, -0.05) is 12.1 Å². The van der Waals surface area contributed by atoms with E-state index in [1.807, 2.05) is 6.92 Å². The van der Waals surface area contributed by atoms with Crippen LogP contribution >= 0.6 is 11.3 Å². The van der Waals surface area contributed by atoms with Crippen molar-refractivity contribution in [1.82, 2.24) is 15.2 Å². The molecule has 0 bridgehead atoms. The number of halogens is 1. The quantitative estimate of drug-likeness (QED) is 0.421. The van der Waals surface area contributed by atoms with E-state index in [0.717, 1.165) is 55.3 Å². The number of ether oxygens (including phenoxy) is 1. The minimum Gasteiger partial charge on any atom is -0.378 e. The summed E-state index contributed by atoms with van der Waals surface area (Å²) in [5.41, 5.74) is 4.12. The standard InChI is InChI=1S/C26H32FN5O2S/c1-2-29-25(33)18-28-12-3-13-32-24(19-35-26(32)30-22-8-6-21(27)7-9-22)20-4-10-23(11-5-20)31-14-16-34-17-15-31/h4-11,19,28H,2-3,12-18H2,1H3,(H,29,33)/b30-26+. The van der Waals surface area contributed by atoms with Crippen LogP contribution in [0.25, 0.3) is 11.3 Å². The fourth-order valence-electron chi connectivity index (χ4n) is 3.98. The number of nitrogens with zero attached hydrogens (tertiary/aromatic N) is 3. The van der Waals surface area contributed by atoms with Gasteiger partial charge >= 0.3 is 0 Å². The predicted molar refractivity (Wildman–Crippen MR) is 139 cm³/mol. The fourth-order valence-corrected chi connectivity index (χ4v) is 4.94. The van der Waals surface area contributed by atoms with E-state index in [2.05, 4.69) is 49.7 Å². The Morgan fingerprint density at radius 1 is 1.11 bits per heavy atom. The molecule has 1 fully saturated rings. The molecule has 0 radical (unpaired) electrons. The number of rotatable bonds is 10. The molecule has 1 aliphatic rings. The summed E-state index contributed by atoms with van der Waals surface area (Å²) in [6.07, 6.45) is 0.839. The molecule has 0 atom stereocenters. The van der Waals surface area contributed by atoms with Gasteiger partial charge in [-0.15, -0.1) is 11.3 Å². The van der Waals surface area contributed by atoms with Gasteiger partial charge in [0.2, 0.25) is 5.91 Å². The van der Waals surface area contributed by atoms with E-state index < -0.39 is 0 Å². The molecular formula is C26H32FN5O2S. The Labute approximate surface area is 209 Å². The van der Waals surface area contributed by atoms with Crippen molar-refractivity contribution in [2.24, 2.45) is 4.99 Å². The normalized spacial score (nSPS) is 14.3. The third-order valence-corrected chi connectivity index (χ3v) is 6.65. The van der Waals surface area contributed by atoms with E-state index in [1.165, 1.54) is 17.8 Å². The summed E-state index contributed by atoms with van der Waals surface area (Å²) in [5.74, 6) is -0.272. The Bertz CT molecular complexity index is 1150. The first-order valence-electron chi connectivity index (χ1n) is 12.0. The highest BCUT2D eigenvalue weighted by Gasteiger charge is 2.13. The molecule has 4 rings (SSSR count). The number of morpholine rings is 1. The monoisotopic (exact) mass is 497 g/mol. The lowest BCUT2D eigenvalue weighted by atomic mass is 10.1. The van der Waals surface area contributed by atoms with Gasteiger partial charge in [0.15, 0.2) is 4.80 Å². The lowest BCUT2D eigenvalue weighted by Gasteiger charge is -2.28.